The number of hydrogen-bond acceptors (Lipinski definition) is 4. The van der Waals surface area contributed by atoms with Crippen LogP contribution in [0.25, 0.3) is 0 Å². The van der Waals surface area contributed by atoms with Crippen molar-refractivity contribution in [3.05, 3.63) is 42.9 Å². The lowest BCUT2D eigenvalue weighted by atomic mass is 10.0. The van der Waals surface area contributed by atoms with E-state index in [1.807, 2.05) is 15.7 Å². The van der Waals surface area contributed by atoms with Crippen molar-refractivity contribution in [2.75, 3.05) is 6.54 Å². The number of aryl methyl sites for hydroxylation is 1. The van der Waals surface area contributed by atoms with E-state index in [2.05, 4.69) is 4.98 Å². The summed E-state index contributed by atoms with van der Waals surface area (Å²) in [6.45, 7) is 1.42. The molecule has 1 saturated heterocycles. The number of imidazole rings is 1. The second kappa shape index (κ2) is 8.15. The zero-order chi connectivity index (χ0) is 16.8. The molecule has 0 aliphatic carbocycles. The van der Waals surface area contributed by atoms with Crippen LogP contribution in [0, 0.1) is 0 Å². The molecule has 0 unspecified atom stereocenters. The van der Waals surface area contributed by atoms with Crippen LogP contribution in [0.2, 0.25) is 0 Å². The summed E-state index contributed by atoms with van der Waals surface area (Å²) in [6, 6.07) is 3.63. The molecular weight excluding hydrogens is 306 g/mol. The van der Waals surface area contributed by atoms with Crippen molar-refractivity contribution < 1.29 is 14.3 Å². The average Bonchev–Trinajstić information content (AvgIpc) is 3.24. The van der Waals surface area contributed by atoms with E-state index in [1.54, 1.807) is 30.9 Å². The Morgan fingerprint density at radius 3 is 3.08 bits per heavy atom. The molecule has 0 saturated carbocycles. The van der Waals surface area contributed by atoms with Gasteiger partial charge in [-0.1, -0.05) is 12.8 Å². The van der Waals surface area contributed by atoms with Crippen LogP contribution in [0.3, 0.4) is 0 Å². The fourth-order valence-electron chi connectivity index (χ4n) is 3.39. The zero-order valence-electron chi connectivity index (χ0n) is 13.9. The minimum atomic E-state index is -0.660. The average molecular weight is 331 g/mol. The van der Waals surface area contributed by atoms with Gasteiger partial charge in [-0.15, -0.1) is 0 Å². The van der Waals surface area contributed by atoms with Gasteiger partial charge in [0.15, 0.2) is 0 Å². The van der Waals surface area contributed by atoms with E-state index in [-0.39, 0.29) is 11.9 Å². The summed E-state index contributed by atoms with van der Waals surface area (Å²) in [7, 11) is 0. The summed E-state index contributed by atoms with van der Waals surface area (Å²) < 4.78 is 7.22. The van der Waals surface area contributed by atoms with Crippen LogP contribution in [0.1, 0.15) is 50.4 Å². The van der Waals surface area contributed by atoms with Crippen molar-refractivity contribution in [1.29, 1.82) is 0 Å². The number of carbonyl (C=O) groups is 1. The monoisotopic (exact) mass is 331 g/mol. The van der Waals surface area contributed by atoms with E-state index in [0.717, 1.165) is 32.2 Å². The van der Waals surface area contributed by atoms with E-state index in [1.165, 1.54) is 0 Å². The first-order valence-electron chi connectivity index (χ1n) is 8.70. The Bertz CT molecular complexity index is 610. The Kier molecular flexibility index (Phi) is 5.69. The van der Waals surface area contributed by atoms with Crippen molar-refractivity contribution in [2.24, 2.45) is 0 Å². The highest BCUT2D eigenvalue weighted by molar-refractivity contribution is 5.76. The maximum atomic E-state index is 12.7. The lowest BCUT2D eigenvalue weighted by Gasteiger charge is -2.31. The first-order valence-corrected chi connectivity index (χ1v) is 8.70. The number of carbonyl (C=O) groups excluding carboxylic acids is 1. The predicted octanol–water partition coefficient (Wildman–Crippen LogP) is 2.76. The van der Waals surface area contributed by atoms with Gasteiger partial charge < -0.3 is 19.0 Å². The molecule has 2 atom stereocenters. The summed E-state index contributed by atoms with van der Waals surface area (Å²) in [5, 5.41) is 10.4. The molecule has 24 heavy (non-hydrogen) atoms. The minimum absolute atomic E-state index is 0.0721. The number of rotatable bonds is 6. The molecule has 1 N–H and O–H groups in total. The number of likely N-dealkylation sites (tertiary alicyclic amines) is 1. The lowest BCUT2D eigenvalue weighted by Crippen LogP contribution is -2.41. The van der Waals surface area contributed by atoms with E-state index in [9.17, 15) is 9.90 Å². The molecule has 3 rings (SSSR count). The van der Waals surface area contributed by atoms with Crippen LogP contribution in [0.15, 0.2) is 41.5 Å². The minimum Gasteiger partial charge on any atom is -0.467 e. The molecule has 0 aromatic carbocycles. The first kappa shape index (κ1) is 16.8. The second-order valence-corrected chi connectivity index (χ2v) is 6.41. The van der Waals surface area contributed by atoms with Crippen LogP contribution < -0.4 is 0 Å². The van der Waals surface area contributed by atoms with Crippen molar-refractivity contribution >= 4 is 5.91 Å². The standard InChI is InChI=1S/C18H25N3O3/c22-16(17-6-4-12-24-17)13-15-5-2-1-3-9-21(15)18(23)7-10-20-11-8-19-14-20/h4,6,8,11-12,14-16,22H,1-3,5,7,9-10,13H2/t15-,16-/m1/s1. The number of aliphatic hydroxyl groups excluding tert-OH is 1. The number of amides is 1. The van der Waals surface area contributed by atoms with Crippen LogP contribution in [-0.2, 0) is 11.3 Å². The Morgan fingerprint density at radius 2 is 2.33 bits per heavy atom. The van der Waals surface area contributed by atoms with Gasteiger partial charge in [-0.25, -0.2) is 4.98 Å². The molecule has 2 aromatic heterocycles. The van der Waals surface area contributed by atoms with E-state index >= 15 is 0 Å². The van der Waals surface area contributed by atoms with Crippen molar-refractivity contribution in [3.63, 3.8) is 0 Å². The summed E-state index contributed by atoms with van der Waals surface area (Å²) in [6.07, 6.45) is 11.4. The number of hydrogen-bond donors (Lipinski definition) is 1. The van der Waals surface area contributed by atoms with Crippen molar-refractivity contribution in [1.82, 2.24) is 14.5 Å². The largest absolute Gasteiger partial charge is 0.467 e. The van der Waals surface area contributed by atoms with Gasteiger partial charge in [-0.3, -0.25) is 4.79 Å². The van der Waals surface area contributed by atoms with Gasteiger partial charge in [0.2, 0.25) is 5.91 Å². The van der Waals surface area contributed by atoms with Crippen LogP contribution >= 0.6 is 0 Å². The summed E-state index contributed by atoms with van der Waals surface area (Å²) in [4.78, 5) is 18.7. The third kappa shape index (κ3) is 4.26. The van der Waals surface area contributed by atoms with Gasteiger partial charge >= 0.3 is 0 Å². The molecule has 3 heterocycles. The quantitative estimate of drug-likeness (QED) is 0.883. The highest BCUT2D eigenvalue weighted by Crippen LogP contribution is 2.27. The smallest absolute Gasteiger partial charge is 0.224 e. The van der Waals surface area contributed by atoms with Gasteiger partial charge in [0, 0.05) is 44.4 Å². The number of furan rings is 1. The maximum Gasteiger partial charge on any atom is 0.224 e. The number of aromatic nitrogens is 2. The Morgan fingerprint density at radius 1 is 1.42 bits per heavy atom. The highest BCUT2D eigenvalue weighted by atomic mass is 16.4. The van der Waals surface area contributed by atoms with Gasteiger partial charge in [0.05, 0.1) is 12.6 Å². The van der Waals surface area contributed by atoms with Crippen LogP contribution in [0.5, 0.6) is 0 Å². The molecule has 1 aliphatic rings. The van der Waals surface area contributed by atoms with Crippen molar-refractivity contribution in [3.8, 4) is 0 Å². The fourth-order valence-corrected chi connectivity index (χ4v) is 3.39. The number of aliphatic hydroxyl groups is 1. The van der Waals surface area contributed by atoms with Crippen LogP contribution in [0.4, 0.5) is 0 Å². The normalized spacial score (nSPS) is 19.9. The molecule has 2 aromatic rings. The van der Waals surface area contributed by atoms with E-state index in [0.29, 0.717) is 25.1 Å². The molecular formula is C18H25N3O3. The third-order valence-corrected chi connectivity index (χ3v) is 4.71. The number of nitrogens with zero attached hydrogens (tertiary/aromatic N) is 3. The Balaban J connectivity index is 1.61. The van der Waals surface area contributed by atoms with Gasteiger partial charge in [0.1, 0.15) is 11.9 Å². The topological polar surface area (TPSA) is 71.5 Å². The summed E-state index contributed by atoms with van der Waals surface area (Å²) >= 11 is 0. The van der Waals surface area contributed by atoms with Crippen LogP contribution in [-0.4, -0.2) is 38.1 Å². The molecule has 1 amide bonds. The van der Waals surface area contributed by atoms with Gasteiger partial charge in [-0.2, -0.15) is 0 Å². The van der Waals surface area contributed by atoms with Gasteiger partial charge in [-0.05, 0) is 25.0 Å². The Hall–Kier alpha value is -2.08. The third-order valence-electron chi connectivity index (χ3n) is 4.71. The second-order valence-electron chi connectivity index (χ2n) is 6.41. The molecule has 0 bridgehead atoms. The molecule has 0 spiro atoms. The van der Waals surface area contributed by atoms with Gasteiger partial charge in [0.25, 0.3) is 0 Å². The SMILES string of the molecule is O=C(CCn1ccnc1)N1CCCCC[C@@H]1C[C@@H](O)c1ccco1. The fraction of sp³-hybridized carbons (Fsp3) is 0.556. The van der Waals surface area contributed by atoms with E-state index < -0.39 is 6.10 Å². The first-order chi connectivity index (χ1) is 11.7. The summed E-state index contributed by atoms with van der Waals surface area (Å²) in [5.41, 5.74) is 0. The molecule has 130 valence electrons. The molecule has 1 fully saturated rings. The molecule has 1 aliphatic heterocycles. The lowest BCUT2D eigenvalue weighted by molar-refractivity contribution is -0.134. The zero-order valence-corrected chi connectivity index (χ0v) is 13.9. The summed E-state index contributed by atoms with van der Waals surface area (Å²) in [5.74, 6) is 0.729. The van der Waals surface area contributed by atoms with E-state index in [4.69, 9.17) is 4.42 Å². The predicted molar refractivity (Wildman–Crippen MR) is 89.1 cm³/mol. The molecule has 6 heteroatoms. The molecule has 0 radical (unpaired) electrons. The molecule has 6 nitrogen and oxygen atoms in total. The Labute approximate surface area is 142 Å². The highest BCUT2D eigenvalue weighted by Gasteiger charge is 2.28. The maximum absolute atomic E-state index is 12.7. The van der Waals surface area contributed by atoms with Crippen molar-refractivity contribution in [2.45, 2.75) is 57.2 Å².